The lowest BCUT2D eigenvalue weighted by Crippen LogP contribution is -2.27. The van der Waals surface area contributed by atoms with Crippen LogP contribution in [-0.4, -0.2) is 18.0 Å². The lowest BCUT2D eigenvalue weighted by atomic mass is 9.94. The van der Waals surface area contributed by atoms with E-state index in [0.29, 0.717) is 22.8 Å². The maximum absolute atomic E-state index is 12.2. The fourth-order valence-electron chi connectivity index (χ4n) is 2.39. The zero-order valence-corrected chi connectivity index (χ0v) is 12.6. The smallest absolute Gasteiger partial charge is 0.279 e. The zero-order chi connectivity index (χ0) is 15.7. The summed E-state index contributed by atoms with van der Waals surface area (Å²) in [6.45, 7) is 0. The normalized spacial score (nSPS) is 13.4. The molecule has 0 radical (unpaired) electrons. The van der Waals surface area contributed by atoms with Crippen molar-refractivity contribution in [1.29, 1.82) is 0 Å². The number of hydrogen-bond donors (Lipinski definition) is 0. The van der Waals surface area contributed by atoms with Gasteiger partial charge < -0.3 is 15.0 Å². The second-order valence-corrected chi connectivity index (χ2v) is 5.44. The van der Waals surface area contributed by atoms with Crippen LogP contribution in [-0.2, 0) is 11.2 Å². The highest BCUT2D eigenvalue weighted by molar-refractivity contribution is 6.30. The Balaban J connectivity index is 2.11. The van der Waals surface area contributed by atoms with Crippen molar-refractivity contribution >= 4 is 23.1 Å². The molecule has 0 bridgehead atoms. The molecule has 1 aliphatic rings. The molecule has 1 heterocycles. The van der Waals surface area contributed by atoms with Crippen LogP contribution in [0, 0.1) is 5.21 Å². The highest BCUT2D eigenvalue weighted by Crippen LogP contribution is 2.35. The average Bonchev–Trinajstić information content (AvgIpc) is 2.53. The molecule has 0 aromatic heterocycles. The van der Waals surface area contributed by atoms with Crippen LogP contribution < -0.4 is 4.74 Å². The monoisotopic (exact) mass is 314 g/mol. The first-order valence-corrected chi connectivity index (χ1v) is 7.14. The number of carbonyl (C=O) groups excluding carboxylic acids is 1. The number of benzene rings is 2. The van der Waals surface area contributed by atoms with Crippen molar-refractivity contribution in [3.63, 3.8) is 0 Å². The summed E-state index contributed by atoms with van der Waals surface area (Å²) in [7, 11) is 1.17. The van der Waals surface area contributed by atoms with E-state index in [2.05, 4.69) is 0 Å². The Hall–Kier alpha value is -2.30. The number of carbonyl (C=O) groups is 1. The molecule has 1 aliphatic heterocycles. The first-order chi connectivity index (χ1) is 10.6. The highest BCUT2D eigenvalue weighted by Gasteiger charge is 2.25. The molecule has 1 amide bonds. The van der Waals surface area contributed by atoms with Gasteiger partial charge in [0.2, 0.25) is 0 Å². The Bertz CT molecular complexity index is 751. The SMILES string of the molecule is CN([O-])C(=O)C1=C(c2ccc(Cl)cc2)Cc2ccccc2O1. The van der Waals surface area contributed by atoms with E-state index in [4.69, 9.17) is 16.3 Å². The molecule has 0 atom stereocenters. The molecule has 112 valence electrons. The van der Waals surface area contributed by atoms with E-state index in [-0.39, 0.29) is 10.8 Å². The molecule has 2 aromatic carbocycles. The van der Waals surface area contributed by atoms with Gasteiger partial charge in [0, 0.05) is 17.0 Å². The molecule has 0 aliphatic carbocycles. The summed E-state index contributed by atoms with van der Waals surface area (Å²) in [5, 5.41) is 12.3. The van der Waals surface area contributed by atoms with Crippen LogP contribution >= 0.6 is 11.6 Å². The van der Waals surface area contributed by atoms with E-state index in [1.54, 1.807) is 18.2 Å². The van der Waals surface area contributed by atoms with Gasteiger partial charge in [-0.1, -0.05) is 41.9 Å². The number of ether oxygens (including phenoxy) is 1. The number of fused-ring (bicyclic) bond motifs is 1. The lowest BCUT2D eigenvalue weighted by molar-refractivity contribution is -0.125. The molecule has 0 unspecified atom stereocenters. The Morgan fingerprint density at radius 2 is 1.86 bits per heavy atom. The minimum atomic E-state index is -0.695. The van der Waals surface area contributed by atoms with Crippen LogP contribution in [0.2, 0.25) is 5.02 Å². The van der Waals surface area contributed by atoms with Crippen LogP contribution in [0.3, 0.4) is 0 Å². The van der Waals surface area contributed by atoms with Gasteiger partial charge in [0.25, 0.3) is 5.91 Å². The first kappa shape index (κ1) is 14.6. The predicted molar refractivity (Wildman–Crippen MR) is 85.3 cm³/mol. The third-order valence-corrected chi connectivity index (χ3v) is 3.75. The van der Waals surface area contributed by atoms with E-state index < -0.39 is 5.91 Å². The van der Waals surface area contributed by atoms with Gasteiger partial charge in [0.1, 0.15) is 5.75 Å². The van der Waals surface area contributed by atoms with Crippen molar-refractivity contribution in [1.82, 2.24) is 5.06 Å². The number of para-hydroxylation sites is 1. The number of nitrogens with zero attached hydrogens (tertiary/aromatic N) is 1. The lowest BCUT2D eigenvalue weighted by Gasteiger charge is -2.28. The fourth-order valence-corrected chi connectivity index (χ4v) is 2.52. The van der Waals surface area contributed by atoms with Crippen LogP contribution in [0.25, 0.3) is 5.57 Å². The number of hydrogen-bond acceptors (Lipinski definition) is 3. The fraction of sp³-hybridized carbons (Fsp3) is 0.118. The number of rotatable bonds is 2. The van der Waals surface area contributed by atoms with Gasteiger partial charge in [0.15, 0.2) is 5.76 Å². The molecule has 22 heavy (non-hydrogen) atoms. The Morgan fingerprint density at radius 3 is 2.55 bits per heavy atom. The van der Waals surface area contributed by atoms with Gasteiger partial charge in [-0.3, -0.25) is 4.79 Å². The molecule has 2 aromatic rings. The van der Waals surface area contributed by atoms with Gasteiger partial charge >= 0.3 is 0 Å². The molecule has 0 saturated carbocycles. The van der Waals surface area contributed by atoms with Crippen molar-refractivity contribution in [2.24, 2.45) is 0 Å². The molecule has 0 saturated heterocycles. The van der Waals surface area contributed by atoms with Crippen molar-refractivity contribution in [2.45, 2.75) is 6.42 Å². The van der Waals surface area contributed by atoms with Gasteiger partial charge in [-0.15, -0.1) is 0 Å². The van der Waals surface area contributed by atoms with Gasteiger partial charge in [-0.05, 0) is 36.4 Å². The van der Waals surface area contributed by atoms with E-state index in [1.807, 2.05) is 30.3 Å². The Morgan fingerprint density at radius 1 is 1.18 bits per heavy atom. The Labute approximate surface area is 133 Å². The van der Waals surface area contributed by atoms with E-state index in [0.717, 1.165) is 11.1 Å². The number of allylic oxidation sites excluding steroid dienone is 1. The number of likely N-dealkylation sites (N-methyl/N-ethyl adjacent to an activating group) is 1. The summed E-state index contributed by atoms with van der Waals surface area (Å²) in [5.74, 6) is -0.0246. The van der Waals surface area contributed by atoms with Gasteiger partial charge in [-0.25, -0.2) is 0 Å². The van der Waals surface area contributed by atoms with Gasteiger partial charge in [0.05, 0.1) is 0 Å². The van der Waals surface area contributed by atoms with E-state index >= 15 is 0 Å². The van der Waals surface area contributed by atoms with Crippen molar-refractivity contribution in [3.8, 4) is 5.75 Å². The summed E-state index contributed by atoms with van der Waals surface area (Å²) in [6.07, 6.45) is 0.521. The van der Waals surface area contributed by atoms with Crippen LogP contribution in [0.5, 0.6) is 5.75 Å². The molecule has 4 nitrogen and oxygen atoms in total. The quantitative estimate of drug-likeness (QED) is 0.795. The third-order valence-electron chi connectivity index (χ3n) is 3.50. The first-order valence-electron chi connectivity index (χ1n) is 6.76. The zero-order valence-electron chi connectivity index (χ0n) is 11.9. The van der Waals surface area contributed by atoms with E-state index in [1.165, 1.54) is 7.05 Å². The summed E-state index contributed by atoms with van der Waals surface area (Å²) < 4.78 is 5.71. The molecule has 0 N–H and O–H groups in total. The van der Waals surface area contributed by atoms with Crippen molar-refractivity contribution in [2.75, 3.05) is 7.05 Å². The molecule has 0 fully saturated rings. The topological polar surface area (TPSA) is 52.6 Å². The number of hydroxylamine groups is 2. The molecule has 3 rings (SSSR count). The summed E-state index contributed by atoms with van der Waals surface area (Å²) in [6, 6.07) is 14.6. The molecular weight excluding hydrogens is 302 g/mol. The van der Waals surface area contributed by atoms with Crippen LogP contribution in [0.4, 0.5) is 0 Å². The second-order valence-electron chi connectivity index (χ2n) is 5.00. The van der Waals surface area contributed by atoms with Gasteiger partial charge in [-0.2, -0.15) is 0 Å². The summed E-state index contributed by atoms with van der Waals surface area (Å²) >= 11 is 5.91. The van der Waals surface area contributed by atoms with Crippen LogP contribution in [0.1, 0.15) is 11.1 Å². The third kappa shape index (κ3) is 2.71. The predicted octanol–water partition coefficient (Wildman–Crippen LogP) is 3.64. The van der Waals surface area contributed by atoms with Crippen molar-refractivity contribution < 1.29 is 9.53 Å². The maximum Gasteiger partial charge on any atom is 0.279 e. The maximum atomic E-state index is 12.2. The number of amides is 1. The minimum Gasteiger partial charge on any atom is -0.756 e. The average molecular weight is 315 g/mol. The summed E-state index contributed by atoms with van der Waals surface area (Å²) in [4.78, 5) is 12.2. The standard InChI is InChI=1S/C17H13ClNO3/c1-19(21)17(20)16-14(11-6-8-13(18)9-7-11)10-12-4-2-3-5-15(12)22-16/h2-9H,10H2,1H3/q-1. The van der Waals surface area contributed by atoms with Crippen LogP contribution in [0.15, 0.2) is 54.3 Å². The Kier molecular flexibility index (Phi) is 3.88. The second kappa shape index (κ2) is 5.83. The molecular formula is C17H13ClNO3-. The highest BCUT2D eigenvalue weighted by atomic mass is 35.5. The molecule has 0 spiro atoms. The van der Waals surface area contributed by atoms with Crippen molar-refractivity contribution in [3.05, 3.63) is 75.6 Å². The summed E-state index contributed by atoms with van der Waals surface area (Å²) in [5.41, 5.74) is 2.46. The minimum absolute atomic E-state index is 0.0681. The van der Waals surface area contributed by atoms with E-state index in [9.17, 15) is 10.0 Å². The molecule has 5 heteroatoms. The largest absolute Gasteiger partial charge is 0.756 e. The number of halogens is 1.